The molecular weight excluding hydrogens is 184 g/mol. The highest BCUT2D eigenvalue weighted by Crippen LogP contribution is 2.14. The summed E-state index contributed by atoms with van der Waals surface area (Å²) >= 11 is 0. The number of aliphatic hydroxyl groups is 2. The summed E-state index contributed by atoms with van der Waals surface area (Å²) in [6, 6.07) is 0. The zero-order chi connectivity index (χ0) is 11.3. The maximum absolute atomic E-state index is 10.4. The lowest BCUT2D eigenvalue weighted by atomic mass is 10.1. The predicted octanol–water partition coefficient (Wildman–Crippen LogP) is 2.54. The number of carbonyl (C=O) groups is 1. The molecule has 0 aliphatic heterocycles. The molecule has 3 N–H and O–H groups in total. The van der Waals surface area contributed by atoms with Gasteiger partial charge in [0.1, 0.15) is 5.76 Å². The minimum atomic E-state index is -1.12. The Bertz CT molecular complexity index is 282. The molecule has 0 atom stereocenters. The zero-order valence-electron chi connectivity index (χ0n) is 8.66. The second kappa shape index (κ2) is 5.32. The first-order chi connectivity index (χ1) is 6.36. The smallest absolute Gasteiger partial charge is 0.334 e. The summed E-state index contributed by atoms with van der Waals surface area (Å²) in [4.78, 5) is 10.4. The summed E-state index contributed by atoms with van der Waals surface area (Å²) in [5, 5.41) is 26.9. The minimum absolute atomic E-state index is 0.0478. The standard InChI is InChI=1S/C10H16O4/c1-6(8(3)11)4-5-9(12)7(2)10(13)14/h11-12H,4-5H2,1-3H3,(H,13,14)/b8-6-,9-7-. The molecule has 0 unspecified atom stereocenters. The molecule has 0 rings (SSSR count). The summed E-state index contributed by atoms with van der Waals surface area (Å²) in [7, 11) is 0. The van der Waals surface area contributed by atoms with Gasteiger partial charge in [0.25, 0.3) is 0 Å². The third-order valence-electron chi connectivity index (χ3n) is 2.11. The Morgan fingerprint density at radius 3 is 1.86 bits per heavy atom. The number of aliphatic hydroxyl groups excluding tert-OH is 2. The van der Waals surface area contributed by atoms with Crippen LogP contribution in [0.5, 0.6) is 0 Å². The number of hydrogen-bond acceptors (Lipinski definition) is 3. The predicted molar refractivity (Wildman–Crippen MR) is 53.2 cm³/mol. The molecule has 0 aromatic rings. The molecule has 0 fully saturated rings. The van der Waals surface area contributed by atoms with Crippen molar-refractivity contribution >= 4 is 5.97 Å². The molecule has 80 valence electrons. The van der Waals surface area contributed by atoms with E-state index in [0.29, 0.717) is 6.42 Å². The van der Waals surface area contributed by atoms with Crippen molar-refractivity contribution in [3.63, 3.8) is 0 Å². The second-order valence-electron chi connectivity index (χ2n) is 3.24. The minimum Gasteiger partial charge on any atom is -0.513 e. The SMILES string of the molecule is C/C(O)=C(\C)CC/C(O)=C(\C)C(=O)O. The number of carboxylic acids is 1. The summed E-state index contributed by atoms with van der Waals surface area (Å²) in [5.41, 5.74) is 0.697. The van der Waals surface area contributed by atoms with Gasteiger partial charge in [0.05, 0.1) is 11.3 Å². The lowest BCUT2D eigenvalue weighted by Gasteiger charge is -2.04. The Morgan fingerprint density at radius 2 is 1.50 bits per heavy atom. The van der Waals surface area contributed by atoms with E-state index in [9.17, 15) is 9.90 Å². The summed E-state index contributed by atoms with van der Waals surface area (Å²) in [6.07, 6.45) is 0.695. The summed E-state index contributed by atoms with van der Waals surface area (Å²) < 4.78 is 0. The number of aliphatic carboxylic acids is 1. The molecule has 14 heavy (non-hydrogen) atoms. The van der Waals surface area contributed by atoms with E-state index in [2.05, 4.69) is 0 Å². The number of hydrogen-bond donors (Lipinski definition) is 3. The fraction of sp³-hybridized carbons (Fsp3) is 0.500. The molecule has 0 amide bonds. The lowest BCUT2D eigenvalue weighted by Crippen LogP contribution is -2.01. The fourth-order valence-corrected chi connectivity index (χ4v) is 0.798. The van der Waals surface area contributed by atoms with E-state index in [1.807, 2.05) is 0 Å². The van der Waals surface area contributed by atoms with Crippen LogP contribution in [0.1, 0.15) is 33.6 Å². The average Bonchev–Trinajstić information content (AvgIpc) is 2.11. The van der Waals surface area contributed by atoms with E-state index in [0.717, 1.165) is 5.57 Å². The monoisotopic (exact) mass is 200 g/mol. The van der Waals surface area contributed by atoms with Crippen LogP contribution in [-0.4, -0.2) is 21.3 Å². The van der Waals surface area contributed by atoms with E-state index in [-0.39, 0.29) is 23.5 Å². The molecule has 0 saturated heterocycles. The first kappa shape index (κ1) is 12.6. The van der Waals surface area contributed by atoms with Gasteiger partial charge in [-0.3, -0.25) is 0 Å². The highest BCUT2D eigenvalue weighted by Gasteiger charge is 2.08. The van der Waals surface area contributed by atoms with Gasteiger partial charge in [-0.05, 0) is 32.8 Å². The number of carboxylic acid groups (broad SMARTS) is 1. The molecule has 4 heteroatoms. The molecule has 0 bridgehead atoms. The van der Waals surface area contributed by atoms with Gasteiger partial charge in [-0.2, -0.15) is 0 Å². The first-order valence-electron chi connectivity index (χ1n) is 4.33. The first-order valence-corrected chi connectivity index (χ1v) is 4.33. The van der Waals surface area contributed by atoms with Crippen molar-refractivity contribution in [3.05, 3.63) is 22.7 Å². The Balaban J connectivity index is 4.36. The average molecular weight is 200 g/mol. The number of rotatable bonds is 4. The lowest BCUT2D eigenvalue weighted by molar-refractivity contribution is -0.132. The van der Waals surface area contributed by atoms with E-state index >= 15 is 0 Å². The Morgan fingerprint density at radius 1 is 1.00 bits per heavy atom. The highest BCUT2D eigenvalue weighted by atomic mass is 16.4. The maximum atomic E-state index is 10.4. The topological polar surface area (TPSA) is 77.8 Å². The quantitative estimate of drug-likeness (QED) is 0.481. The van der Waals surface area contributed by atoms with Crippen LogP contribution in [0.2, 0.25) is 0 Å². The van der Waals surface area contributed by atoms with Crippen LogP contribution in [-0.2, 0) is 4.79 Å². The van der Waals surface area contributed by atoms with Crippen molar-refractivity contribution in [3.8, 4) is 0 Å². The number of allylic oxidation sites excluding steroid dienone is 3. The van der Waals surface area contributed by atoms with Crippen molar-refractivity contribution in [1.29, 1.82) is 0 Å². The van der Waals surface area contributed by atoms with Crippen LogP contribution in [0.15, 0.2) is 22.7 Å². The van der Waals surface area contributed by atoms with E-state index in [1.165, 1.54) is 6.92 Å². The Hall–Kier alpha value is -1.45. The molecule has 0 aliphatic carbocycles. The normalized spacial score (nSPS) is 14.5. The zero-order valence-corrected chi connectivity index (χ0v) is 8.66. The van der Waals surface area contributed by atoms with Crippen LogP contribution < -0.4 is 0 Å². The highest BCUT2D eigenvalue weighted by molar-refractivity contribution is 5.86. The molecule has 0 radical (unpaired) electrons. The van der Waals surface area contributed by atoms with Crippen LogP contribution in [0.4, 0.5) is 0 Å². The van der Waals surface area contributed by atoms with Gasteiger partial charge in [0.2, 0.25) is 0 Å². The van der Waals surface area contributed by atoms with Crippen LogP contribution in [0.3, 0.4) is 0 Å². The van der Waals surface area contributed by atoms with E-state index < -0.39 is 5.97 Å². The fourth-order valence-electron chi connectivity index (χ4n) is 0.798. The van der Waals surface area contributed by atoms with Crippen molar-refractivity contribution in [2.75, 3.05) is 0 Å². The third kappa shape index (κ3) is 3.98. The summed E-state index contributed by atoms with van der Waals surface area (Å²) in [5.74, 6) is -1.05. The molecule has 0 heterocycles. The van der Waals surface area contributed by atoms with Gasteiger partial charge in [0, 0.05) is 6.42 Å². The maximum Gasteiger partial charge on any atom is 0.334 e. The largest absolute Gasteiger partial charge is 0.513 e. The van der Waals surface area contributed by atoms with Crippen molar-refractivity contribution in [2.45, 2.75) is 33.6 Å². The van der Waals surface area contributed by atoms with Gasteiger partial charge in [0.15, 0.2) is 0 Å². The van der Waals surface area contributed by atoms with Crippen molar-refractivity contribution in [1.82, 2.24) is 0 Å². The van der Waals surface area contributed by atoms with Gasteiger partial charge in [-0.15, -0.1) is 0 Å². The Kier molecular flexibility index (Phi) is 4.77. The molecule has 0 saturated carbocycles. The van der Waals surface area contributed by atoms with Crippen LogP contribution >= 0.6 is 0 Å². The third-order valence-corrected chi connectivity index (χ3v) is 2.11. The Labute approximate surface area is 83.2 Å². The molecule has 0 aromatic carbocycles. The van der Waals surface area contributed by atoms with Gasteiger partial charge in [-0.1, -0.05) is 0 Å². The van der Waals surface area contributed by atoms with E-state index in [1.54, 1.807) is 13.8 Å². The molecule has 0 aromatic heterocycles. The van der Waals surface area contributed by atoms with Crippen LogP contribution in [0.25, 0.3) is 0 Å². The van der Waals surface area contributed by atoms with Crippen LogP contribution in [0, 0.1) is 0 Å². The van der Waals surface area contributed by atoms with Gasteiger partial charge < -0.3 is 15.3 Å². The molecule has 0 spiro atoms. The van der Waals surface area contributed by atoms with Crippen molar-refractivity contribution < 1.29 is 20.1 Å². The second-order valence-corrected chi connectivity index (χ2v) is 3.24. The van der Waals surface area contributed by atoms with Crippen molar-refractivity contribution in [2.24, 2.45) is 0 Å². The van der Waals surface area contributed by atoms with Gasteiger partial charge >= 0.3 is 5.97 Å². The molecule has 0 aliphatic rings. The van der Waals surface area contributed by atoms with Gasteiger partial charge in [-0.25, -0.2) is 4.79 Å². The summed E-state index contributed by atoms with van der Waals surface area (Å²) in [6.45, 7) is 4.64. The molecular formula is C10H16O4. The van der Waals surface area contributed by atoms with E-state index in [4.69, 9.17) is 10.2 Å². The molecule has 4 nitrogen and oxygen atoms in total.